The first-order chi connectivity index (χ1) is 19.1. The number of rotatable bonds is 7. The molecule has 3 aromatic rings. The minimum atomic E-state index is -1.06. The molecule has 0 unspecified atom stereocenters. The molecule has 8 heteroatoms. The van der Waals surface area contributed by atoms with Crippen molar-refractivity contribution in [2.45, 2.75) is 33.1 Å². The Balaban J connectivity index is 1.30. The number of halogens is 3. The Bertz CT molecular complexity index is 1410. The second-order valence-corrected chi connectivity index (χ2v) is 12.7. The summed E-state index contributed by atoms with van der Waals surface area (Å²) in [5.41, 5.74) is 5.56. The van der Waals surface area contributed by atoms with E-state index >= 15 is 0 Å². The zero-order chi connectivity index (χ0) is 28.4. The van der Waals surface area contributed by atoms with Crippen molar-refractivity contribution in [3.8, 4) is 11.5 Å². The van der Waals surface area contributed by atoms with Gasteiger partial charge in [0.25, 0.3) is 0 Å². The van der Waals surface area contributed by atoms with Crippen LogP contribution in [0.4, 0.5) is 5.69 Å². The summed E-state index contributed by atoms with van der Waals surface area (Å²) in [4.78, 5) is 16.7. The topological polar surface area (TPSA) is 53.0 Å². The average molecular weight is 600 g/mol. The van der Waals surface area contributed by atoms with Gasteiger partial charge in [0.05, 0.1) is 0 Å². The van der Waals surface area contributed by atoms with Crippen molar-refractivity contribution in [3.05, 3.63) is 92.4 Å². The third kappa shape index (κ3) is 6.95. The van der Waals surface area contributed by atoms with Crippen LogP contribution in [0.3, 0.4) is 0 Å². The van der Waals surface area contributed by atoms with Crippen LogP contribution in [0.15, 0.2) is 66.2 Å². The SMILES string of the molecule is CC1(C)CCC(CN2CCN(c3ccc(C(=O)O)c(Oc4cc(Cl)cc(Cl)c4)c3)CC2)=C(c2ccc(Cl)cc2)C1. The lowest BCUT2D eigenvalue weighted by Gasteiger charge is -2.39. The zero-order valence-corrected chi connectivity index (χ0v) is 25.0. The van der Waals surface area contributed by atoms with Gasteiger partial charge in [-0.15, -0.1) is 0 Å². The maximum absolute atomic E-state index is 11.9. The van der Waals surface area contributed by atoms with E-state index < -0.39 is 5.97 Å². The maximum Gasteiger partial charge on any atom is 0.339 e. The minimum absolute atomic E-state index is 0.0837. The van der Waals surface area contributed by atoms with Crippen LogP contribution < -0.4 is 9.64 Å². The van der Waals surface area contributed by atoms with E-state index in [2.05, 4.69) is 35.8 Å². The van der Waals surface area contributed by atoms with E-state index in [1.165, 1.54) is 23.1 Å². The van der Waals surface area contributed by atoms with Crippen molar-refractivity contribution in [2.75, 3.05) is 37.6 Å². The normalized spacial score (nSPS) is 17.7. The number of nitrogens with zero attached hydrogens (tertiary/aromatic N) is 2. The third-order valence-electron chi connectivity index (χ3n) is 7.79. The molecule has 5 rings (SSSR count). The van der Waals surface area contributed by atoms with Gasteiger partial charge in [0.15, 0.2) is 0 Å². The van der Waals surface area contributed by atoms with E-state index in [0.717, 1.165) is 56.3 Å². The van der Waals surface area contributed by atoms with E-state index in [0.29, 0.717) is 15.8 Å². The number of allylic oxidation sites excluding steroid dienone is 1. The smallest absolute Gasteiger partial charge is 0.339 e. The number of hydrogen-bond acceptors (Lipinski definition) is 4. The molecule has 0 amide bonds. The number of carboxylic acids is 1. The highest BCUT2D eigenvalue weighted by Crippen LogP contribution is 2.43. The molecule has 0 radical (unpaired) electrons. The van der Waals surface area contributed by atoms with Gasteiger partial charge >= 0.3 is 5.97 Å². The highest BCUT2D eigenvalue weighted by atomic mass is 35.5. The molecule has 1 fully saturated rings. The van der Waals surface area contributed by atoms with Crippen LogP contribution in [0, 0.1) is 5.41 Å². The molecular formula is C32H33Cl3N2O3. The molecule has 1 aliphatic carbocycles. The summed E-state index contributed by atoms with van der Waals surface area (Å²) in [5, 5.41) is 11.3. The highest BCUT2D eigenvalue weighted by Gasteiger charge is 2.29. The fraction of sp³-hybridized carbons (Fsp3) is 0.344. The van der Waals surface area contributed by atoms with Gasteiger partial charge < -0.3 is 14.7 Å². The molecular weight excluding hydrogens is 567 g/mol. The fourth-order valence-corrected chi connectivity index (χ4v) is 6.21. The van der Waals surface area contributed by atoms with E-state index in [-0.39, 0.29) is 16.7 Å². The number of piperazine rings is 1. The zero-order valence-electron chi connectivity index (χ0n) is 22.7. The predicted octanol–water partition coefficient (Wildman–Crippen LogP) is 8.92. The van der Waals surface area contributed by atoms with Crippen LogP contribution in [0.5, 0.6) is 11.5 Å². The third-order valence-corrected chi connectivity index (χ3v) is 8.48. The summed E-state index contributed by atoms with van der Waals surface area (Å²) < 4.78 is 5.96. The molecule has 1 saturated heterocycles. The molecule has 1 heterocycles. The Morgan fingerprint density at radius 3 is 2.23 bits per heavy atom. The summed E-state index contributed by atoms with van der Waals surface area (Å²) >= 11 is 18.4. The van der Waals surface area contributed by atoms with E-state index in [4.69, 9.17) is 39.5 Å². The number of anilines is 1. The summed E-state index contributed by atoms with van der Waals surface area (Å²) in [6.07, 6.45) is 3.37. The van der Waals surface area contributed by atoms with E-state index in [1.807, 2.05) is 18.2 Å². The second-order valence-electron chi connectivity index (χ2n) is 11.4. The first-order valence-corrected chi connectivity index (χ1v) is 14.7. The molecule has 0 atom stereocenters. The standard InChI is InChI=1S/C32H33Cl3N2O3/c1-32(2)10-9-22(29(19-32)21-3-5-23(33)6-4-21)20-36-11-13-37(14-12-36)26-7-8-28(31(38)39)30(18-26)40-27-16-24(34)15-25(35)17-27/h3-8,15-18H,9-14,19-20H2,1-2H3,(H,38,39). The molecule has 0 aromatic heterocycles. The lowest BCUT2D eigenvalue weighted by Crippen LogP contribution is -2.47. The lowest BCUT2D eigenvalue weighted by molar-refractivity contribution is 0.0694. The monoisotopic (exact) mass is 598 g/mol. The van der Waals surface area contributed by atoms with Crippen molar-refractivity contribution in [3.63, 3.8) is 0 Å². The maximum atomic E-state index is 11.9. The van der Waals surface area contributed by atoms with Crippen LogP contribution in [0.1, 0.15) is 49.0 Å². The number of carbonyl (C=O) groups is 1. The summed E-state index contributed by atoms with van der Waals surface area (Å²) in [6, 6.07) is 18.3. The van der Waals surface area contributed by atoms with Crippen LogP contribution in [-0.2, 0) is 0 Å². The van der Waals surface area contributed by atoms with E-state index in [1.54, 1.807) is 30.3 Å². The molecule has 3 aromatic carbocycles. The van der Waals surface area contributed by atoms with Crippen molar-refractivity contribution < 1.29 is 14.6 Å². The Morgan fingerprint density at radius 2 is 1.57 bits per heavy atom. The number of aromatic carboxylic acids is 1. The number of hydrogen-bond donors (Lipinski definition) is 1. The van der Waals surface area contributed by atoms with Crippen molar-refractivity contribution >= 4 is 52.0 Å². The molecule has 2 aliphatic rings. The van der Waals surface area contributed by atoms with Crippen LogP contribution in [-0.4, -0.2) is 48.7 Å². The second kappa shape index (κ2) is 12.0. The van der Waals surface area contributed by atoms with Crippen LogP contribution in [0.25, 0.3) is 5.57 Å². The van der Waals surface area contributed by atoms with Crippen molar-refractivity contribution in [1.82, 2.24) is 4.90 Å². The van der Waals surface area contributed by atoms with Gasteiger partial charge in [0.2, 0.25) is 0 Å². The molecule has 40 heavy (non-hydrogen) atoms. The average Bonchev–Trinajstić information content (AvgIpc) is 2.90. The number of ether oxygens (including phenoxy) is 1. The van der Waals surface area contributed by atoms with E-state index in [9.17, 15) is 9.90 Å². The fourth-order valence-electron chi connectivity index (χ4n) is 5.58. The summed E-state index contributed by atoms with van der Waals surface area (Å²) in [6.45, 7) is 9.18. The molecule has 1 aliphatic heterocycles. The Morgan fingerprint density at radius 1 is 0.900 bits per heavy atom. The first-order valence-electron chi connectivity index (χ1n) is 13.5. The van der Waals surface area contributed by atoms with Gasteiger partial charge in [0.1, 0.15) is 17.1 Å². The molecule has 0 spiro atoms. The van der Waals surface area contributed by atoms with Gasteiger partial charge in [-0.1, -0.05) is 66.4 Å². The van der Waals surface area contributed by atoms with Gasteiger partial charge in [-0.05, 0) is 78.3 Å². The first kappa shape index (κ1) is 28.8. The largest absolute Gasteiger partial charge is 0.478 e. The quantitative estimate of drug-likeness (QED) is 0.294. The van der Waals surface area contributed by atoms with Crippen LogP contribution >= 0.6 is 34.8 Å². The summed E-state index contributed by atoms with van der Waals surface area (Å²) in [7, 11) is 0. The molecule has 5 nitrogen and oxygen atoms in total. The Hall–Kier alpha value is -2.70. The summed E-state index contributed by atoms with van der Waals surface area (Å²) in [5.74, 6) is -0.407. The lowest BCUT2D eigenvalue weighted by atomic mass is 9.72. The van der Waals surface area contributed by atoms with Crippen molar-refractivity contribution in [1.29, 1.82) is 0 Å². The van der Waals surface area contributed by atoms with Crippen LogP contribution in [0.2, 0.25) is 15.1 Å². The molecule has 0 saturated carbocycles. The number of benzene rings is 3. The Labute approximate surface area is 250 Å². The van der Waals surface area contributed by atoms with Crippen molar-refractivity contribution in [2.24, 2.45) is 5.41 Å². The van der Waals surface area contributed by atoms with Gasteiger partial charge in [-0.25, -0.2) is 4.79 Å². The van der Waals surface area contributed by atoms with Gasteiger partial charge in [-0.3, -0.25) is 4.90 Å². The molecule has 1 N–H and O–H groups in total. The Kier molecular flexibility index (Phi) is 8.67. The molecule has 0 bridgehead atoms. The number of carboxylic acid groups (broad SMARTS) is 1. The highest BCUT2D eigenvalue weighted by molar-refractivity contribution is 6.34. The molecule has 210 valence electrons. The van der Waals surface area contributed by atoms with Gasteiger partial charge in [0, 0.05) is 59.5 Å². The minimum Gasteiger partial charge on any atom is -0.478 e. The van der Waals surface area contributed by atoms with Gasteiger partial charge in [-0.2, -0.15) is 0 Å². The predicted molar refractivity (Wildman–Crippen MR) is 165 cm³/mol.